The SMILES string of the molecule is O=S(=O)(c1ccccc1)N1C[C@@H]2[C@H](C1)[C@@H]1C=C[C@H]2C1. The molecule has 3 aliphatic rings. The summed E-state index contributed by atoms with van der Waals surface area (Å²) in [5.41, 5.74) is 0. The Balaban J connectivity index is 1.63. The van der Waals surface area contributed by atoms with Gasteiger partial charge >= 0.3 is 0 Å². The van der Waals surface area contributed by atoms with Crippen LogP contribution in [0.25, 0.3) is 0 Å². The molecule has 1 saturated heterocycles. The van der Waals surface area contributed by atoms with Crippen molar-refractivity contribution in [2.75, 3.05) is 13.1 Å². The van der Waals surface area contributed by atoms with Gasteiger partial charge in [0.1, 0.15) is 0 Å². The van der Waals surface area contributed by atoms with Crippen LogP contribution in [0.3, 0.4) is 0 Å². The third kappa shape index (κ3) is 1.63. The molecule has 19 heavy (non-hydrogen) atoms. The summed E-state index contributed by atoms with van der Waals surface area (Å²) < 4.78 is 26.9. The first-order valence-electron chi connectivity index (χ1n) is 6.90. The molecule has 1 aromatic rings. The van der Waals surface area contributed by atoms with Crippen LogP contribution in [0, 0.1) is 23.7 Å². The van der Waals surface area contributed by atoms with Gasteiger partial charge in [0.05, 0.1) is 4.90 Å². The Morgan fingerprint density at radius 1 is 0.947 bits per heavy atom. The zero-order chi connectivity index (χ0) is 13.0. The van der Waals surface area contributed by atoms with Crippen LogP contribution in [0.5, 0.6) is 0 Å². The number of fused-ring (bicyclic) bond motifs is 5. The maximum atomic E-state index is 12.6. The van der Waals surface area contributed by atoms with E-state index in [0.29, 0.717) is 41.7 Å². The van der Waals surface area contributed by atoms with E-state index in [-0.39, 0.29) is 0 Å². The second-order valence-electron chi connectivity index (χ2n) is 5.91. The Hall–Kier alpha value is -1.13. The summed E-state index contributed by atoms with van der Waals surface area (Å²) >= 11 is 0. The van der Waals surface area contributed by atoms with Crippen molar-refractivity contribution in [3.05, 3.63) is 42.5 Å². The maximum absolute atomic E-state index is 12.6. The fourth-order valence-corrected chi connectivity index (χ4v) is 5.59. The Morgan fingerprint density at radius 2 is 1.53 bits per heavy atom. The molecule has 3 nitrogen and oxygen atoms in total. The molecule has 0 amide bonds. The summed E-state index contributed by atoms with van der Waals surface area (Å²) in [6.07, 6.45) is 5.84. The van der Waals surface area contributed by atoms with E-state index in [2.05, 4.69) is 12.2 Å². The fraction of sp³-hybridized carbons (Fsp3) is 0.467. The number of hydrogen-bond acceptors (Lipinski definition) is 2. The van der Waals surface area contributed by atoms with Gasteiger partial charge in [0.15, 0.2) is 0 Å². The summed E-state index contributed by atoms with van der Waals surface area (Å²) in [6, 6.07) is 8.80. The highest BCUT2D eigenvalue weighted by Gasteiger charge is 2.51. The minimum Gasteiger partial charge on any atom is -0.207 e. The third-order valence-electron chi connectivity index (χ3n) is 5.01. The van der Waals surface area contributed by atoms with Crippen molar-refractivity contribution in [1.29, 1.82) is 0 Å². The minimum absolute atomic E-state index is 0.426. The van der Waals surface area contributed by atoms with Gasteiger partial charge in [-0.05, 0) is 42.2 Å². The number of allylic oxidation sites excluding steroid dienone is 2. The molecule has 1 saturated carbocycles. The van der Waals surface area contributed by atoms with Crippen LogP contribution in [0.15, 0.2) is 47.4 Å². The molecule has 1 heterocycles. The molecule has 100 valence electrons. The van der Waals surface area contributed by atoms with Crippen molar-refractivity contribution in [3.8, 4) is 0 Å². The van der Waals surface area contributed by atoms with E-state index in [1.54, 1.807) is 28.6 Å². The predicted octanol–water partition coefficient (Wildman–Crippen LogP) is 2.13. The molecule has 1 aliphatic heterocycles. The second-order valence-corrected chi connectivity index (χ2v) is 7.85. The van der Waals surface area contributed by atoms with Crippen LogP contribution in [0.1, 0.15) is 6.42 Å². The summed E-state index contributed by atoms with van der Waals surface area (Å²) in [5.74, 6) is 2.33. The van der Waals surface area contributed by atoms with Crippen LogP contribution in [0.4, 0.5) is 0 Å². The average molecular weight is 275 g/mol. The summed E-state index contributed by atoms with van der Waals surface area (Å²) in [4.78, 5) is 0.426. The molecule has 0 N–H and O–H groups in total. The Labute approximate surface area is 114 Å². The molecule has 2 bridgehead atoms. The zero-order valence-electron chi connectivity index (χ0n) is 10.6. The smallest absolute Gasteiger partial charge is 0.207 e. The van der Waals surface area contributed by atoms with Gasteiger partial charge in [0.2, 0.25) is 10.0 Å². The van der Waals surface area contributed by atoms with Gasteiger partial charge in [-0.25, -0.2) is 8.42 Å². The van der Waals surface area contributed by atoms with Gasteiger partial charge < -0.3 is 0 Å². The van der Waals surface area contributed by atoms with Crippen LogP contribution >= 0.6 is 0 Å². The molecule has 1 aromatic carbocycles. The lowest BCUT2D eigenvalue weighted by Gasteiger charge is -2.18. The van der Waals surface area contributed by atoms with Crippen LogP contribution in [-0.2, 0) is 10.0 Å². The third-order valence-corrected chi connectivity index (χ3v) is 6.86. The van der Waals surface area contributed by atoms with Crippen molar-refractivity contribution in [2.45, 2.75) is 11.3 Å². The highest BCUT2D eigenvalue weighted by Crippen LogP contribution is 2.52. The Kier molecular flexibility index (Phi) is 2.42. The number of nitrogens with zero attached hydrogens (tertiary/aromatic N) is 1. The van der Waals surface area contributed by atoms with E-state index >= 15 is 0 Å². The molecule has 0 spiro atoms. The van der Waals surface area contributed by atoms with Gasteiger partial charge in [0, 0.05) is 13.1 Å². The zero-order valence-corrected chi connectivity index (χ0v) is 11.5. The highest BCUT2D eigenvalue weighted by molar-refractivity contribution is 7.89. The average Bonchev–Trinajstić information content (AvgIpc) is 3.12. The van der Waals surface area contributed by atoms with Crippen molar-refractivity contribution < 1.29 is 8.42 Å². The van der Waals surface area contributed by atoms with Crippen molar-refractivity contribution in [3.63, 3.8) is 0 Å². The van der Waals surface area contributed by atoms with Crippen molar-refractivity contribution in [2.24, 2.45) is 23.7 Å². The fourth-order valence-electron chi connectivity index (χ4n) is 4.05. The van der Waals surface area contributed by atoms with E-state index in [4.69, 9.17) is 0 Å². The molecule has 2 fully saturated rings. The molecule has 0 radical (unpaired) electrons. The lowest BCUT2D eigenvalue weighted by atomic mass is 9.86. The number of benzene rings is 1. The Bertz CT molecular complexity index is 603. The molecular formula is C15H17NO2S. The molecule has 0 aromatic heterocycles. The van der Waals surface area contributed by atoms with Crippen LogP contribution in [0.2, 0.25) is 0 Å². The molecule has 0 unspecified atom stereocenters. The summed E-state index contributed by atoms with van der Waals surface area (Å²) in [5, 5.41) is 0. The van der Waals surface area contributed by atoms with Gasteiger partial charge in [-0.2, -0.15) is 4.31 Å². The number of sulfonamides is 1. The highest BCUT2D eigenvalue weighted by atomic mass is 32.2. The van der Waals surface area contributed by atoms with Gasteiger partial charge in [-0.15, -0.1) is 0 Å². The first-order valence-corrected chi connectivity index (χ1v) is 8.34. The van der Waals surface area contributed by atoms with Crippen LogP contribution < -0.4 is 0 Å². The normalized spacial score (nSPS) is 36.8. The standard InChI is InChI=1S/C15H17NO2S/c17-19(18,13-4-2-1-3-5-13)16-9-14-11-6-7-12(8-11)15(14)10-16/h1-7,11-12,14-15H,8-10H2/t11-,12+,14-,15+. The molecule has 4 heteroatoms. The van der Waals surface area contributed by atoms with E-state index in [9.17, 15) is 8.42 Å². The molecule has 4 rings (SSSR count). The molecule has 2 aliphatic carbocycles. The second kappa shape index (κ2) is 3.93. The summed E-state index contributed by atoms with van der Waals surface area (Å²) in [7, 11) is -3.29. The monoisotopic (exact) mass is 275 g/mol. The lowest BCUT2D eigenvalue weighted by Crippen LogP contribution is -2.30. The maximum Gasteiger partial charge on any atom is 0.243 e. The first kappa shape index (κ1) is 11.7. The van der Waals surface area contributed by atoms with Gasteiger partial charge in [-0.1, -0.05) is 30.4 Å². The largest absolute Gasteiger partial charge is 0.243 e. The molecular weight excluding hydrogens is 258 g/mol. The van der Waals surface area contributed by atoms with E-state index in [1.165, 1.54) is 6.42 Å². The molecule has 4 atom stereocenters. The van der Waals surface area contributed by atoms with E-state index in [0.717, 1.165) is 0 Å². The van der Waals surface area contributed by atoms with Crippen LogP contribution in [-0.4, -0.2) is 25.8 Å². The topological polar surface area (TPSA) is 37.4 Å². The minimum atomic E-state index is -3.29. The quantitative estimate of drug-likeness (QED) is 0.775. The lowest BCUT2D eigenvalue weighted by molar-refractivity contribution is 0.395. The van der Waals surface area contributed by atoms with Gasteiger partial charge in [0.25, 0.3) is 0 Å². The van der Waals surface area contributed by atoms with Crippen molar-refractivity contribution in [1.82, 2.24) is 4.31 Å². The predicted molar refractivity (Wildman–Crippen MR) is 72.9 cm³/mol. The van der Waals surface area contributed by atoms with Crippen molar-refractivity contribution >= 4 is 10.0 Å². The van der Waals surface area contributed by atoms with E-state index < -0.39 is 10.0 Å². The Morgan fingerprint density at radius 3 is 2.11 bits per heavy atom. The first-order chi connectivity index (χ1) is 9.16. The summed E-state index contributed by atoms with van der Waals surface area (Å²) in [6.45, 7) is 1.40. The van der Waals surface area contributed by atoms with E-state index in [1.807, 2.05) is 6.07 Å². The number of rotatable bonds is 2. The van der Waals surface area contributed by atoms with Gasteiger partial charge in [-0.3, -0.25) is 0 Å². The number of hydrogen-bond donors (Lipinski definition) is 0.